The van der Waals surface area contributed by atoms with Crippen molar-refractivity contribution in [3.8, 4) is 0 Å². The first-order valence-corrected chi connectivity index (χ1v) is 7.98. The van der Waals surface area contributed by atoms with E-state index in [9.17, 15) is 0 Å². The molecule has 1 fully saturated rings. The van der Waals surface area contributed by atoms with Gasteiger partial charge in [0, 0.05) is 50.9 Å². The van der Waals surface area contributed by atoms with E-state index in [2.05, 4.69) is 41.4 Å². The zero-order valence-corrected chi connectivity index (χ0v) is 12.9. The average molecular weight is 332 g/mol. The first-order valence-electron chi connectivity index (χ1n) is 6.04. The number of anilines is 2. The second-order valence-corrected chi connectivity index (χ2v) is 6.10. The maximum Gasteiger partial charge on any atom is 0.224 e. The summed E-state index contributed by atoms with van der Waals surface area (Å²) in [7, 11) is 1.82. The lowest BCUT2D eigenvalue weighted by Crippen LogP contribution is -2.36. The number of aromatic nitrogens is 2. The summed E-state index contributed by atoms with van der Waals surface area (Å²) in [6, 6.07) is 0. The van der Waals surface area contributed by atoms with Crippen LogP contribution in [0.3, 0.4) is 0 Å². The maximum absolute atomic E-state index is 4.37. The minimum atomic E-state index is 0.634. The fraction of sp³-hybridized carbons (Fsp3) is 0.636. The predicted octanol–water partition coefficient (Wildman–Crippen LogP) is 1.74. The Morgan fingerprint density at radius 3 is 2.94 bits per heavy atom. The number of halogens is 1. The molecular formula is C11H18BrN5S. The molecule has 2 N–H and O–H groups in total. The highest BCUT2D eigenvalue weighted by molar-refractivity contribution is 9.10. The van der Waals surface area contributed by atoms with E-state index in [0.29, 0.717) is 5.95 Å². The lowest BCUT2D eigenvalue weighted by molar-refractivity contribution is 0.314. The van der Waals surface area contributed by atoms with Crippen LogP contribution in [-0.2, 0) is 0 Å². The van der Waals surface area contributed by atoms with E-state index in [1.807, 2.05) is 18.8 Å². The summed E-state index contributed by atoms with van der Waals surface area (Å²) >= 11 is 5.49. The van der Waals surface area contributed by atoms with Gasteiger partial charge in [0.25, 0.3) is 0 Å². The molecule has 0 aromatic carbocycles. The maximum atomic E-state index is 4.37. The molecule has 0 saturated carbocycles. The molecule has 0 unspecified atom stereocenters. The van der Waals surface area contributed by atoms with Gasteiger partial charge < -0.3 is 10.6 Å². The Bertz CT molecular complexity index is 384. The highest BCUT2D eigenvalue weighted by Gasteiger charge is 2.10. The molecule has 2 rings (SSSR count). The van der Waals surface area contributed by atoms with Crippen LogP contribution in [0.4, 0.5) is 11.8 Å². The van der Waals surface area contributed by atoms with Crippen molar-refractivity contribution in [2.24, 2.45) is 0 Å². The van der Waals surface area contributed by atoms with Crippen molar-refractivity contribution in [2.75, 3.05) is 55.4 Å². The first kappa shape index (κ1) is 13.9. The molecule has 1 aromatic heterocycles. The van der Waals surface area contributed by atoms with Gasteiger partial charge in [-0.05, 0) is 15.9 Å². The van der Waals surface area contributed by atoms with Crippen LogP contribution in [0, 0.1) is 0 Å². The Hall–Kier alpha value is -0.530. The molecule has 1 aliphatic rings. The normalized spacial score (nSPS) is 16.6. The third-order valence-corrected chi connectivity index (χ3v) is 4.31. The summed E-state index contributed by atoms with van der Waals surface area (Å²) in [5.41, 5.74) is 0. The number of nitrogens with one attached hydrogen (secondary N) is 2. The van der Waals surface area contributed by atoms with Gasteiger partial charge >= 0.3 is 0 Å². The van der Waals surface area contributed by atoms with E-state index in [1.54, 1.807) is 6.20 Å². The molecule has 0 aliphatic carbocycles. The molecule has 0 amide bonds. The van der Waals surface area contributed by atoms with E-state index < -0.39 is 0 Å². The zero-order chi connectivity index (χ0) is 12.8. The Balaban J connectivity index is 1.81. The lowest BCUT2D eigenvalue weighted by atomic mass is 10.4. The molecule has 0 spiro atoms. The summed E-state index contributed by atoms with van der Waals surface area (Å²) in [6.45, 7) is 4.35. The molecule has 100 valence electrons. The topological polar surface area (TPSA) is 53.1 Å². The quantitative estimate of drug-likeness (QED) is 0.857. The standard InChI is InChI=1S/C11H18BrN5S/c1-13-11-15-8-9(12)10(16-11)14-2-3-17-4-6-18-7-5-17/h8H,2-7H2,1H3,(H2,13,14,15,16). The third-order valence-electron chi connectivity index (χ3n) is 2.79. The Morgan fingerprint density at radius 2 is 2.22 bits per heavy atom. The van der Waals surface area contributed by atoms with Crippen LogP contribution in [0.25, 0.3) is 0 Å². The molecular weight excluding hydrogens is 314 g/mol. The summed E-state index contributed by atoms with van der Waals surface area (Å²) in [6.07, 6.45) is 1.76. The van der Waals surface area contributed by atoms with E-state index in [1.165, 1.54) is 24.6 Å². The van der Waals surface area contributed by atoms with E-state index in [4.69, 9.17) is 0 Å². The number of hydrogen-bond donors (Lipinski definition) is 2. The van der Waals surface area contributed by atoms with Crippen molar-refractivity contribution in [1.29, 1.82) is 0 Å². The highest BCUT2D eigenvalue weighted by atomic mass is 79.9. The Kier molecular flexibility index (Phi) is 5.52. The van der Waals surface area contributed by atoms with Gasteiger partial charge in [0.05, 0.1) is 4.47 Å². The van der Waals surface area contributed by atoms with Crippen LogP contribution < -0.4 is 10.6 Å². The summed E-state index contributed by atoms with van der Waals surface area (Å²) < 4.78 is 0.899. The Labute approximate surface area is 120 Å². The number of rotatable bonds is 5. The van der Waals surface area contributed by atoms with Gasteiger partial charge in [-0.25, -0.2) is 4.98 Å². The smallest absolute Gasteiger partial charge is 0.224 e. The zero-order valence-electron chi connectivity index (χ0n) is 10.4. The van der Waals surface area contributed by atoms with E-state index in [-0.39, 0.29) is 0 Å². The molecule has 1 aliphatic heterocycles. The van der Waals surface area contributed by atoms with Gasteiger partial charge in [0.2, 0.25) is 5.95 Å². The second kappa shape index (κ2) is 7.16. The summed E-state index contributed by atoms with van der Waals surface area (Å²) in [5.74, 6) is 3.98. The fourth-order valence-electron chi connectivity index (χ4n) is 1.77. The molecule has 1 aromatic rings. The van der Waals surface area contributed by atoms with Crippen molar-refractivity contribution >= 4 is 39.5 Å². The van der Waals surface area contributed by atoms with E-state index in [0.717, 1.165) is 23.4 Å². The van der Waals surface area contributed by atoms with Gasteiger partial charge in [-0.2, -0.15) is 16.7 Å². The van der Waals surface area contributed by atoms with E-state index >= 15 is 0 Å². The van der Waals surface area contributed by atoms with Crippen molar-refractivity contribution in [1.82, 2.24) is 14.9 Å². The van der Waals surface area contributed by atoms with Crippen molar-refractivity contribution in [3.05, 3.63) is 10.7 Å². The fourth-order valence-corrected chi connectivity index (χ4v) is 3.08. The van der Waals surface area contributed by atoms with Crippen molar-refractivity contribution in [3.63, 3.8) is 0 Å². The minimum Gasteiger partial charge on any atom is -0.368 e. The monoisotopic (exact) mass is 331 g/mol. The predicted molar refractivity (Wildman–Crippen MR) is 81.5 cm³/mol. The van der Waals surface area contributed by atoms with Crippen LogP contribution in [-0.4, -0.2) is 59.6 Å². The number of hydrogen-bond acceptors (Lipinski definition) is 6. The van der Waals surface area contributed by atoms with Gasteiger partial charge in [0.1, 0.15) is 5.82 Å². The molecule has 7 heteroatoms. The summed E-state index contributed by atoms with van der Waals surface area (Å²) in [4.78, 5) is 11.0. The lowest BCUT2D eigenvalue weighted by Gasteiger charge is -2.26. The summed E-state index contributed by atoms with van der Waals surface area (Å²) in [5, 5.41) is 6.29. The number of thioether (sulfide) groups is 1. The third kappa shape index (κ3) is 4.00. The van der Waals surface area contributed by atoms with Crippen molar-refractivity contribution < 1.29 is 0 Å². The van der Waals surface area contributed by atoms with Gasteiger partial charge in [-0.15, -0.1) is 0 Å². The minimum absolute atomic E-state index is 0.634. The van der Waals surface area contributed by atoms with Crippen molar-refractivity contribution in [2.45, 2.75) is 0 Å². The highest BCUT2D eigenvalue weighted by Crippen LogP contribution is 2.19. The average Bonchev–Trinajstić information content (AvgIpc) is 2.42. The van der Waals surface area contributed by atoms with Gasteiger partial charge in [-0.3, -0.25) is 4.90 Å². The van der Waals surface area contributed by atoms with Crippen LogP contribution in [0.15, 0.2) is 10.7 Å². The van der Waals surface area contributed by atoms with Gasteiger partial charge in [-0.1, -0.05) is 0 Å². The molecule has 18 heavy (non-hydrogen) atoms. The molecule has 1 saturated heterocycles. The Morgan fingerprint density at radius 1 is 1.44 bits per heavy atom. The van der Waals surface area contributed by atoms with Crippen LogP contribution in [0.5, 0.6) is 0 Å². The van der Waals surface area contributed by atoms with Crippen LogP contribution in [0.1, 0.15) is 0 Å². The molecule has 5 nitrogen and oxygen atoms in total. The van der Waals surface area contributed by atoms with Crippen LogP contribution >= 0.6 is 27.7 Å². The largest absolute Gasteiger partial charge is 0.368 e. The first-order chi connectivity index (χ1) is 8.79. The SMILES string of the molecule is CNc1ncc(Br)c(NCCN2CCSCC2)n1. The van der Waals surface area contributed by atoms with Gasteiger partial charge in [0.15, 0.2) is 0 Å². The molecule has 2 heterocycles. The van der Waals surface area contributed by atoms with Crippen LogP contribution in [0.2, 0.25) is 0 Å². The molecule has 0 atom stereocenters. The molecule has 0 bridgehead atoms. The second-order valence-electron chi connectivity index (χ2n) is 4.02. The molecule has 0 radical (unpaired) electrons. The number of nitrogens with zero attached hydrogens (tertiary/aromatic N) is 3.